The van der Waals surface area contributed by atoms with Crippen LogP contribution in [0.5, 0.6) is 0 Å². The van der Waals surface area contributed by atoms with Crippen LogP contribution in [-0.2, 0) is 55.8 Å². The number of ether oxygens (including phenoxy) is 3. The lowest BCUT2D eigenvalue weighted by atomic mass is 10.1. The molecule has 0 spiro atoms. The Bertz CT molecular complexity index is 2300. The number of esters is 3. The molecule has 0 aromatic rings. The second kappa shape index (κ2) is 71.5. The number of phosphoric acid groups is 2. The fraction of sp³-hybridized carbons (Fsp3) is 0.684. The molecule has 0 aliphatic heterocycles. The number of carbonyl (C=O) groups excluding carboxylic acids is 3. The van der Waals surface area contributed by atoms with Crippen LogP contribution >= 0.6 is 15.6 Å². The highest BCUT2D eigenvalue weighted by Crippen LogP contribution is 2.45. The molecule has 16 nitrogen and oxygen atoms in total. The summed E-state index contributed by atoms with van der Waals surface area (Å²) in [6.45, 7) is 2.46. The van der Waals surface area contributed by atoms with Crippen LogP contribution in [-0.4, -0.2) is 95.9 Å². The predicted octanol–water partition coefficient (Wildman–Crippen LogP) is 21.5. The van der Waals surface area contributed by atoms with Gasteiger partial charge in [-0.3, -0.25) is 32.5 Å². The van der Waals surface area contributed by atoms with E-state index in [-0.39, 0.29) is 19.3 Å². The highest BCUT2D eigenvalue weighted by molar-refractivity contribution is 7.47. The Hall–Kier alpha value is -4.31. The monoisotopic (exact) mass is 1400 g/mol. The number of carbonyl (C=O) groups is 3. The average Bonchev–Trinajstić information content (AvgIpc) is 2.08. The summed E-state index contributed by atoms with van der Waals surface area (Å²) in [4.78, 5) is 58.5. The van der Waals surface area contributed by atoms with E-state index in [4.69, 9.17) is 32.3 Å². The van der Waals surface area contributed by atoms with Crippen molar-refractivity contribution in [2.45, 2.75) is 309 Å². The third-order valence-corrected chi connectivity index (χ3v) is 17.2. The lowest BCUT2D eigenvalue weighted by Crippen LogP contribution is -2.30. The lowest BCUT2D eigenvalue weighted by Gasteiger charge is -2.21. The Morgan fingerprint density at radius 1 is 0.299 bits per heavy atom. The Morgan fingerprint density at radius 2 is 0.546 bits per heavy atom. The SMILES string of the molecule is CC/C=C\C/C=C\C/C=C\C/C=C\C/C=C\C/C=C\CCCCC(=O)OCC(COP(=O)(O)OCC(O)COP(=O)(O)OCC(O)COC(=O)CCCCCCCCCCC/C=C\C/C=C\C/C=C\C/C=C\CCCCC)OC(=O)CCCCCCC/C=C\CCCCCCCC. The van der Waals surface area contributed by atoms with Crippen LogP contribution in [0, 0.1) is 0 Å². The first-order valence-corrected chi connectivity index (χ1v) is 40.5. The number of aliphatic hydroxyl groups is 2. The van der Waals surface area contributed by atoms with E-state index in [0.29, 0.717) is 19.3 Å². The van der Waals surface area contributed by atoms with E-state index in [2.05, 4.69) is 154 Å². The number of hydrogen-bond donors (Lipinski definition) is 4. The molecule has 0 saturated heterocycles. The van der Waals surface area contributed by atoms with Crippen LogP contribution in [0.1, 0.15) is 290 Å². The van der Waals surface area contributed by atoms with Gasteiger partial charge in [0.15, 0.2) is 6.10 Å². The number of allylic oxidation sites excluding steroid dienone is 22. The van der Waals surface area contributed by atoms with Crippen LogP contribution in [0.15, 0.2) is 134 Å². The summed E-state index contributed by atoms with van der Waals surface area (Å²) in [5.74, 6) is -1.64. The topological polar surface area (TPSA) is 231 Å². The quantitative estimate of drug-likeness (QED) is 0.0146. The van der Waals surface area contributed by atoms with Gasteiger partial charge in [-0.2, -0.15) is 0 Å². The molecule has 5 unspecified atom stereocenters. The molecule has 0 aliphatic rings. The highest BCUT2D eigenvalue weighted by Gasteiger charge is 2.29. The number of hydrogen-bond acceptors (Lipinski definition) is 14. The van der Waals surface area contributed by atoms with Crippen molar-refractivity contribution in [3.63, 3.8) is 0 Å². The summed E-state index contributed by atoms with van der Waals surface area (Å²) < 4.78 is 61.0. The van der Waals surface area contributed by atoms with E-state index < -0.39 is 91.5 Å². The second-order valence-corrected chi connectivity index (χ2v) is 27.6. The summed E-state index contributed by atoms with van der Waals surface area (Å²) in [5, 5.41) is 20.6. The Kier molecular flexibility index (Phi) is 68.3. The van der Waals surface area contributed by atoms with E-state index in [0.717, 1.165) is 141 Å². The third-order valence-electron chi connectivity index (χ3n) is 15.3. The van der Waals surface area contributed by atoms with Crippen LogP contribution in [0.2, 0.25) is 0 Å². The number of unbranched alkanes of at least 4 members (excludes halogenated alkanes) is 25. The minimum Gasteiger partial charge on any atom is -0.463 e. The fourth-order valence-corrected chi connectivity index (χ4v) is 11.2. The van der Waals surface area contributed by atoms with Gasteiger partial charge in [-0.25, -0.2) is 9.13 Å². The third kappa shape index (κ3) is 72.8. The van der Waals surface area contributed by atoms with Crippen molar-refractivity contribution in [2.75, 3.05) is 39.6 Å². The zero-order chi connectivity index (χ0) is 70.9. The zero-order valence-electron chi connectivity index (χ0n) is 60.5. The Labute approximate surface area is 588 Å². The molecule has 4 N–H and O–H groups in total. The normalized spacial score (nSPS) is 14.8. The minimum atomic E-state index is -4.94. The van der Waals surface area contributed by atoms with Gasteiger partial charge in [-0.1, -0.05) is 264 Å². The molecule has 0 rings (SSSR count). The molecule has 0 radical (unpaired) electrons. The number of aliphatic hydroxyl groups excluding tert-OH is 2. The molecule has 556 valence electrons. The molecular weight excluding hydrogens is 1270 g/mol. The van der Waals surface area contributed by atoms with E-state index >= 15 is 0 Å². The van der Waals surface area contributed by atoms with E-state index in [9.17, 15) is 43.5 Å². The molecule has 0 bridgehead atoms. The zero-order valence-corrected chi connectivity index (χ0v) is 62.2. The fourth-order valence-electron chi connectivity index (χ4n) is 9.61. The van der Waals surface area contributed by atoms with Gasteiger partial charge >= 0.3 is 33.6 Å². The van der Waals surface area contributed by atoms with E-state index in [1.807, 2.05) is 0 Å². The van der Waals surface area contributed by atoms with Crippen LogP contribution in [0.3, 0.4) is 0 Å². The van der Waals surface area contributed by atoms with Crippen molar-refractivity contribution in [3.05, 3.63) is 134 Å². The average molecular weight is 1400 g/mol. The highest BCUT2D eigenvalue weighted by atomic mass is 31.2. The summed E-state index contributed by atoms with van der Waals surface area (Å²) >= 11 is 0. The Morgan fingerprint density at radius 3 is 0.918 bits per heavy atom. The molecule has 0 saturated carbocycles. The minimum absolute atomic E-state index is 0.0814. The predicted molar refractivity (Wildman–Crippen MR) is 399 cm³/mol. The molecule has 0 heterocycles. The molecule has 97 heavy (non-hydrogen) atoms. The van der Waals surface area contributed by atoms with Gasteiger partial charge in [0.05, 0.1) is 26.4 Å². The van der Waals surface area contributed by atoms with Crippen molar-refractivity contribution in [1.29, 1.82) is 0 Å². The van der Waals surface area contributed by atoms with Gasteiger partial charge in [-0.15, -0.1) is 0 Å². The van der Waals surface area contributed by atoms with Gasteiger partial charge < -0.3 is 34.2 Å². The molecule has 18 heteroatoms. The maximum absolute atomic E-state index is 12.9. The first-order chi connectivity index (χ1) is 47.2. The molecule has 0 aliphatic carbocycles. The smallest absolute Gasteiger partial charge is 0.463 e. The van der Waals surface area contributed by atoms with Crippen LogP contribution in [0.4, 0.5) is 0 Å². The van der Waals surface area contributed by atoms with Crippen molar-refractivity contribution in [3.8, 4) is 0 Å². The van der Waals surface area contributed by atoms with Crippen LogP contribution in [0.25, 0.3) is 0 Å². The van der Waals surface area contributed by atoms with Crippen molar-refractivity contribution in [2.24, 2.45) is 0 Å². The van der Waals surface area contributed by atoms with Gasteiger partial charge in [0.2, 0.25) is 0 Å². The van der Waals surface area contributed by atoms with Crippen LogP contribution < -0.4 is 0 Å². The Balaban J connectivity index is 4.66. The van der Waals surface area contributed by atoms with E-state index in [1.165, 1.54) is 89.9 Å². The molecule has 0 fully saturated rings. The van der Waals surface area contributed by atoms with Gasteiger partial charge in [0.1, 0.15) is 25.4 Å². The summed E-state index contributed by atoms with van der Waals surface area (Å²) in [6.07, 6.45) is 85.0. The van der Waals surface area contributed by atoms with Gasteiger partial charge in [0, 0.05) is 19.3 Å². The van der Waals surface area contributed by atoms with E-state index in [1.54, 1.807) is 0 Å². The van der Waals surface area contributed by atoms with Gasteiger partial charge in [-0.05, 0) is 141 Å². The van der Waals surface area contributed by atoms with Crippen molar-refractivity contribution in [1.82, 2.24) is 0 Å². The first-order valence-electron chi connectivity index (χ1n) is 37.5. The second-order valence-electron chi connectivity index (χ2n) is 24.7. The maximum atomic E-state index is 12.9. The summed E-state index contributed by atoms with van der Waals surface area (Å²) in [7, 11) is -9.81. The maximum Gasteiger partial charge on any atom is 0.472 e. The molecule has 5 atom stereocenters. The first kappa shape index (κ1) is 92.7. The molecular formula is C79H134O16P2. The largest absolute Gasteiger partial charge is 0.472 e. The van der Waals surface area contributed by atoms with Gasteiger partial charge in [0.25, 0.3) is 0 Å². The standard InChI is InChI=1S/C79H134O16P2/c1-4-7-10-13-16-19-22-25-28-30-32-34-35-36-37-39-41-42-45-47-50-53-56-59-62-65-77(82)89-68-74(80)69-91-96(85,86)92-70-75(81)71-93-97(87,88)94-73-76(95-79(84)67-64-61-58-55-52-49-44-27-24-21-18-15-12-9-6-3)72-90-78(83)66-63-60-57-54-51-48-46-43-40-38-33-31-29-26-23-20-17-14-11-8-5-2/h8,11,16-17,19-20,25-29,32-34,36-38,43-44,46,51,54,74-76,80-81H,4-7,9-10,12-15,18,21-24,30-31,35,39-42,45,47-50,52-53,55-73H2,1-3H3,(H,85,86)(H,87,88)/b11-8-,19-16-,20-17-,28-25-,29-26-,34-32-,37-36-,38-33-,44-27-,46-43-,54-51-. The van der Waals surface area contributed by atoms with Crippen molar-refractivity contribution >= 4 is 33.6 Å². The summed E-state index contributed by atoms with van der Waals surface area (Å²) in [6, 6.07) is 0. The molecule has 0 aromatic heterocycles. The van der Waals surface area contributed by atoms with Crippen molar-refractivity contribution < 1.29 is 75.8 Å². The lowest BCUT2D eigenvalue weighted by molar-refractivity contribution is -0.161. The molecule has 0 aromatic carbocycles. The molecule has 0 amide bonds. The number of rotatable bonds is 70. The summed E-state index contributed by atoms with van der Waals surface area (Å²) in [5.41, 5.74) is 0. The number of phosphoric ester groups is 2.